The first-order valence-electron chi connectivity index (χ1n) is 10.2. The van der Waals surface area contributed by atoms with Gasteiger partial charge in [0.1, 0.15) is 12.4 Å². The van der Waals surface area contributed by atoms with Gasteiger partial charge in [0, 0.05) is 23.3 Å². The van der Waals surface area contributed by atoms with Gasteiger partial charge >= 0.3 is 0 Å². The number of halogens is 1. The Bertz CT molecular complexity index is 929. The minimum atomic E-state index is -0.854. The summed E-state index contributed by atoms with van der Waals surface area (Å²) in [6, 6.07) is 5.91. The summed E-state index contributed by atoms with van der Waals surface area (Å²) in [6.07, 6.45) is 4.38. The second kappa shape index (κ2) is 13.8. The van der Waals surface area contributed by atoms with Gasteiger partial charge in [-0.15, -0.1) is 13.2 Å². The van der Waals surface area contributed by atoms with Crippen molar-refractivity contribution in [2.75, 3.05) is 25.6 Å². The molecule has 0 saturated heterocycles. The number of ketones is 1. The van der Waals surface area contributed by atoms with Gasteiger partial charge in [0.15, 0.2) is 11.6 Å². The third-order valence-corrected chi connectivity index (χ3v) is 4.42. The molecule has 1 aliphatic heterocycles. The summed E-state index contributed by atoms with van der Waals surface area (Å²) in [7, 11) is 1.40. The Labute approximate surface area is 188 Å². The van der Waals surface area contributed by atoms with E-state index in [1.54, 1.807) is 30.3 Å². The van der Waals surface area contributed by atoms with Crippen LogP contribution in [-0.2, 0) is 9.53 Å². The molecule has 8 heteroatoms. The van der Waals surface area contributed by atoms with E-state index in [0.29, 0.717) is 34.9 Å². The number of hydrogen-bond donors (Lipinski definition) is 2. The third-order valence-electron chi connectivity index (χ3n) is 4.42. The second-order valence-electron chi connectivity index (χ2n) is 6.74. The lowest BCUT2D eigenvalue weighted by Gasteiger charge is -2.13. The number of anilines is 1. The van der Waals surface area contributed by atoms with E-state index in [2.05, 4.69) is 28.5 Å². The molecule has 1 aromatic carbocycles. The molecule has 3 N–H and O–H groups in total. The summed E-state index contributed by atoms with van der Waals surface area (Å²) < 4.78 is 17.9. The van der Waals surface area contributed by atoms with Crippen LogP contribution in [0.3, 0.4) is 0 Å². The first-order chi connectivity index (χ1) is 15.4. The minimum absolute atomic E-state index is 0.148. The molecule has 0 saturated carbocycles. The number of carbonyl (C=O) groups excluding carboxylic acids is 2. The van der Waals surface area contributed by atoms with Crippen molar-refractivity contribution in [3.63, 3.8) is 0 Å². The van der Waals surface area contributed by atoms with Crippen molar-refractivity contribution in [3.05, 3.63) is 66.5 Å². The number of ether oxygens (including phenoxy) is 1. The zero-order valence-electron chi connectivity index (χ0n) is 18.9. The number of hydrogen-bond acceptors (Lipinski definition) is 6. The maximum Gasteiger partial charge on any atom is 0.241 e. The maximum absolute atomic E-state index is 13.0. The van der Waals surface area contributed by atoms with Crippen LogP contribution in [-0.4, -0.2) is 49.6 Å². The number of nitrogens with two attached hydrogens (primary N) is 1. The van der Waals surface area contributed by atoms with Gasteiger partial charge < -0.3 is 15.8 Å². The number of methoxy groups -OCH3 is 1. The van der Waals surface area contributed by atoms with E-state index < -0.39 is 18.6 Å². The van der Waals surface area contributed by atoms with E-state index >= 15 is 0 Å². The highest BCUT2D eigenvalue weighted by Gasteiger charge is 2.21. The fraction of sp³-hybridized carbons (Fsp3) is 0.333. The third kappa shape index (κ3) is 7.70. The standard InChI is InChI=1S/C22H27FN4O3.C2H4/c1-4-7-15(10-17(12-23)30-3)21-25-13-16(26-21)11-19(24)22(29)27-20-9-6-5-8-18(20)14(2)28;1-2/h5-10,19H,4,11-13,24H2,1-3H3,(H,27,29);1-2H2/b15-7+,17-10+;. The van der Waals surface area contributed by atoms with Crippen molar-refractivity contribution >= 4 is 28.9 Å². The van der Waals surface area contributed by atoms with E-state index in [4.69, 9.17) is 10.5 Å². The van der Waals surface area contributed by atoms with E-state index in [9.17, 15) is 14.0 Å². The highest BCUT2D eigenvalue weighted by molar-refractivity contribution is 6.14. The lowest BCUT2D eigenvalue weighted by Crippen LogP contribution is -2.38. The Morgan fingerprint density at radius 1 is 1.34 bits per heavy atom. The largest absolute Gasteiger partial charge is 0.498 e. The van der Waals surface area contributed by atoms with E-state index in [1.165, 1.54) is 14.0 Å². The van der Waals surface area contributed by atoms with Crippen molar-refractivity contribution in [1.82, 2.24) is 0 Å². The molecule has 1 unspecified atom stereocenters. The molecule has 0 bridgehead atoms. The molecule has 1 aliphatic rings. The van der Waals surface area contributed by atoms with Gasteiger partial charge in [0.05, 0.1) is 25.4 Å². The van der Waals surface area contributed by atoms with Crippen LogP contribution in [0.2, 0.25) is 0 Å². The fourth-order valence-corrected chi connectivity index (χ4v) is 2.88. The smallest absolute Gasteiger partial charge is 0.241 e. The Hall–Kier alpha value is -3.39. The first-order valence-corrected chi connectivity index (χ1v) is 10.2. The Kier molecular flexibility index (Phi) is 11.5. The predicted molar refractivity (Wildman–Crippen MR) is 128 cm³/mol. The van der Waals surface area contributed by atoms with E-state index in [-0.39, 0.29) is 18.0 Å². The lowest BCUT2D eigenvalue weighted by atomic mass is 10.1. The number of para-hydroxylation sites is 1. The van der Waals surface area contributed by atoms with Crippen molar-refractivity contribution in [1.29, 1.82) is 0 Å². The SMILES string of the molecule is C=C.CC/C=C(\C=C(/CF)OC)C1=NCC(CC(N)C(=O)Nc2ccccc2C(C)=O)=N1. The lowest BCUT2D eigenvalue weighted by molar-refractivity contribution is -0.117. The van der Waals surface area contributed by atoms with Crippen LogP contribution in [0, 0.1) is 0 Å². The molecule has 0 aromatic heterocycles. The molecule has 0 fully saturated rings. The molecule has 7 nitrogen and oxygen atoms in total. The van der Waals surface area contributed by atoms with Gasteiger partial charge in [-0.05, 0) is 31.6 Å². The molecule has 1 atom stereocenters. The van der Waals surface area contributed by atoms with Crippen LogP contribution in [0.4, 0.5) is 10.1 Å². The Morgan fingerprint density at radius 2 is 2.03 bits per heavy atom. The van der Waals surface area contributed by atoms with Crippen LogP contribution in [0.15, 0.2) is 70.9 Å². The average molecular weight is 443 g/mol. The number of amides is 1. The van der Waals surface area contributed by atoms with Gasteiger partial charge in [-0.2, -0.15) is 0 Å². The van der Waals surface area contributed by atoms with Crippen LogP contribution in [0.1, 0.15) is 37.0 Å². The maximum atomic E-state index is 13.0. The second-order valence-corrected chi connectivity index (χ2v) is 6.74. The monoisotopic (exact) mass is 442 g/mol. The zero-order valence-corrected chi connectivity index (χ0v) is 18.9. The Morgan fingerprint density at radius 3 is 2.62 bits per heavy atom. The number of aliphatic imine (C=N–C) groups is 2. The summed E-state index contributed by atoms with van der Waals surface area (Å²) in [4.78, 5) is 33.1. The molecule has 1 amide bonds. The number of benzene rings is 1. The summed E-state index contributed by atoms with van der Waals surface area (Å²) >= 11 is 0. The summed E-state index contributed by atoms with van der Waals surface area (Å²) in [5, 5.41) is 2.70. The Balaban J connectivity index is 0.00000249. The van der Waals surface area contributed by atoms with Crippen molar-refractivity contribution in [2.24, 2.45) is 15.7 Å². The fourth-order valence-electron chi connectivity index (χ4n) is 2.88. The normalized spacial score (nSPS) is 14.5. The molecule has 0 spiro atoms. The molecule has 1 heterocycles. The van der Waals surface area contributed by atoms with Gasteiger partial charge in [0.25, 0.3) is 0 Å². The molecule has 32 heavy (non-hydrogen) atoms. The highest BCUT2D eigenvalue weighted by Crippen LogP contribution is 2.17. The van der Waals surface area contributed by atoms with Gasteiger partial charge in [-0.25, -0.2) is 9.38 Å². The number of allylic oxidation sites excluding steroid dienone is 2. The molecule has 2 rings (SSSR count). The first kappa shape index (κ1) is 26.6. The number of nitrogens with one attached hydrogen (secondary N) is 1. The van der Waals surface area contributed by atoms with Crippen molar-refractivity contribution < 1.29 is 18.7 Å². The summed E-state index contributed by atoms with van der Waals surface area (Å²) in [5.74, 6) is 0.0819. The van der Waals surface area contributed by atoms with E-state index in [1.807, 2.05) is 13.0 Å². The van der Waals surface area contributed by atoms with Crippen LogP contribution in [0.5, 0.6) is 0 Å². The number of alkyl halides is 1. The van der Waals surface area contributed by atoms with Crippen LogP contribution >= 0.6 is 0 Å². The van der Waals surface area contributed by atoms with Crippen molar-refractivity contribution in [2.45, 2.75) is 32.7 Å². The number of rotatable bonds is 10. The van der Waals surface area contributed by atoms with Crippen molar-refractivity contribution in [3.8, 4) is 0 Å². The number of carbonyl (C=O) groups is 2. The quantitative estimate of drug-likeness (QED) is 0.247. The minimum Gasteiger partial charge on any atom is -0.498 e. The topological polar surface area (TPSA) is 106 Å². The number of Topliss-reactive ketones (excluding diaryl/α,β-unsaturated/α-hetero) is 1. The number of nitrogens with zero attached hydrogens (tertiary/aromatic N) is 2. The molecule has 1 aromatic rings. The molecule has 0 aliphatic carbocycles. The van der Waals surface area contributed by atoms with Crippen LogP contribution < -0.4 is 11.1 Å². The van der Waals surface area contributed by atoms with Gasteiger partial charge in [-0.1, -0.05) is 25.1 Å². The van der Waals surface area contributed by atoms with E-state index in [0.717, 1.165) is 6.42 Å². The predicted octanol–water partition coefficient (Wildman–Crippen LogP) is 4.04. The number of amidine groups is 1. The molecule has 0 radical (unpaired) electrons. The molecule has 172 valence electrons. The zero-order chi connectivity index (χ0) is 24.1. The van der Waals surface area contributed by atoms with Crippen LogP contribution in [0.25, 0.3) is 0 Å². The average Bonchev–Trinajstić information content (AvgIpc) is 3.26. The molecular weight excluding hydrogens is 411 g/mol. The van der Waals surface area contributed by atoms with Gasteiger partial charge in [-0.3, -0.25) is 14.6 Å². The summed E-state index contributed by atoms with van der Waals surface area (Å²) in [6.45, 7) is 8.97. The molecular formula is C24H31FN4O3. The highest BCUT2D eigenvalue weighted by atomic mass is 19.1. The van der Waals surface area contributed by atoms with Gasteiger partial charge in [0.2, 0.25) is 5.91 Å². The summed E-state index contributed by atoms with van der Waals surface area (Å²) in [5.41, 5.74) is 8.21.